The maximum atomic E-state index is 13.3. The van der Waals surface area contributed by atoms with E-state index in [1.807, 2.05) is 13.1 Å². The zero-order valence-corrected chi connectivity index (χ0v) is 18.5. The van der Waals surface area contributed by atoms with Crippen LogP contribution in [0, 0.1) is 0 Å². The molecule has 0 spiro atoms. The molecule has 1 saturated carbocycles. The molecule has 2 atom stereocenters. The number of hydrogen-bond acceptors (Lipinski definition) is 7. The molecule has 0 bridgehead atoms. The topological polar surface area (TPSA) is 89.8 Å². The van der Waals surface area contributed by atoms with E-state index in [2.05, 4.69) is 48.9 Å². The maximum Gasteiger partial charge on any atom is 0.271 e. The molecule has 9 nitrogen and oxygen atoms in total. The number of hydrogen-bond donors (Lipinski definition) is 3. The Morgan fingerprint density at radius 1 is 1.21 bits per heavy atom. The quantitative estimate of drug-likeness (QED) is 0.545. The second kappa shape index (κ2) is 7.87. The van der Waals surface area contributed by atoms with E-state index < -0.39 is 12.2 Å². The minimum atomic E-state index is -0.962. The van der Waals surface area contributed by atoms with Crippen molar-refractivity contribution in [3.05, 3.63) is 41.7 Å². The van der Waals surface area contributed by atoms with E-state index in [9.17, 15) is 9.18 Å². The predicted octanol–water partition coefficient (Wildman–Crippen LogP) is 1.71. The number of benzene rings is 1. The lowest BCUT2D eigenvalue weighted by Gasteiger charge is -2.31. The van der Waals surface area contributed by atoms with Gasteiger partial charge in [-0.05, 0) is 18.6 Å². The minimum Gasteiger partial charge on any atom is -0.385 e. The number of amides is 1. The van der Waals surface area contributed by atoms with Crippen molar-refractivity contribution in [2.75, 3.05) is 54.9 Å². The number of carbonyl (C=O) groups excluding carboxylic acids is 1. The molecule has 6 rings (SSSR count). The Labute approximate surface area is 191 Å². The number of rotatable bonds is 5. The van der Waals surface area contributed by atoms with Gasteiger partial charge in [-0.25, -0.2) is 13.9 Å². The van der Waals surface area contributed by atoms with Crippen molar-refractivity contribution >= 4 is 34.4 Å². The molecule has 3 aromatic rings. The highest BCUT2D eigenvalue weighted by atomic mass is 19.1. The molecule has 1 saturated heterocycles. The third-order valence-corrected chi connectivity index (χ3v) is 6.72. The SMILES string of the molecule is CNc1cc(N2CCc3c(N4CCNCC4)cccc32)nn2c(C(=O)N[C@@H]3C[C@@H]3F)cnc12. The first-order valence-corrected chi connectivity index (χ1v) is 11.5. The normalized spacial score (nSPS) is 21.9. The fourth-order valence-corrected chi connectivity index (χ4v) is 4.84. The van der Waals surface area contributed by atoms with Gasteiger partial charge in [-0.1, -0.05) is 6.07 Å². The Morgan fingerprint density at radius 3 is 2.76 bits per heavy atom. The Balaban J connectivity index is 1.38. The number of imidazole rings is 1. The summed E-state index contributed by atoms with van der Waals surface area (Å²) < 4.78 is 14.9. The first-order valence-electron chi connectivity index (χ1n) is 11.5. The Hall–Kier alpha value is -3.40. The number of halogens is 1. The molecule has 172 valence electrons. The van der Waals surface area contributed by atoms with Crippen LogP contribution in [-0.2, 0) is 6.42 Å². The third-order valence-electron chi connectivity index (χ3n) is 6.72. The van der Waals surface area contributed by atoms with Gasteiger partial charge in [0.25, 0.3) is 5.91 Å². The number of fused-ring (bicyclic) bond motifs is 2. The van der Waals surface area contributed by atoms with Crippen molar-refractivity contribution < 1.29 is 9.18 Å². The molecule has 1 amide bonds. The summed E-state index contributed by atoms with van der Waals surface area (Å²) in [6.07, 6.45) is 1.83. The number of nitrogens with one attached hydrogen (secondary N) is 3. The number of piperazine rings is 1. The number of carbonyl (C=O) groups is 1. The Morgan fingerprint density at radius 2 is 2.00 bits per heavy atom. The molecule has 4 heterocycles. The lowest BCUT2D eigenvalue weighted by Crippen LogP contribution is -2.43. The van der Waals surface area contributed by atoms with Gasteiger partial charge in [-0.2, -0.15) is 0 Å². The standard InChI is InChI=1S/C23H27FN8O/c1-25-17-12-21(29-32-20(13-27-22(17)32)23(33)28-16-11-15(16)24)31-8-5-14-18(3-2-4-19(14)31)30-9-6-26-7-10-30/h2-4,12-13,15-16,25-26H,5-11H2,1H3,(H,28,33)/t15-,16+/m0/s1. The van der Waals surface area contributed by atoms with E-state index >= 15 is 0 Å². The van der Waals surface area contributed by atoms with Crippen LogP contribution in [0.5, 0.6) is 0 Å². The molecule has 3 N–H and O–H groups in total. The molecule has 1 aliphatic carbocycles. The van der Waals surface area contributed by atoms with Crippen LogP contribution in [0.4, 0.5) is 27.3 Å². The van der Waals surface area contributed by atoms with Crippen molar-refractivity contribution in [1.29, 1.82) is 0 Å². The summed E-state index contributed by atoms with van der Waals surface area (Å²) in [6.45, 7) is 4.79. The van der Waals surface area contributed by atoms with E-state index in [0.29, 0.717) is 17.8 Å². The monoisotopic (exact) mass is 450 g/mol. The Kier molecular flexibility index (Phi) is 4.83. The minimum absolute atomic E-state index is 0.302. The highest BCUT2D eigenvalue weighted by Crippen LogP contribution is 2.40. The van der Waals surface area contributed by atoms with Gasteiger partial charge in [0, 0.05) is 69.2 Å². The van der Waals surface area contributed by atoms with Crippen LogP contribution in [0.25, 0.3) is 5.65 Å². The summed E-state index contributed by atoms with van der Waals surface area (Å²) >= 11 is 0. The van der Waals surface area contributed by atoms with Crippen LogP contribution in [0.15, 0.2) is 30.5 Å². The van der Waals surface area contributed by atoms with Crippen LogP contribution in [0.2, 0.25) is 0 Å². The molecular formula is C23H27FN8O. The number of nitrogens with zero attached hydrogens (tertiary/aromatic N) is 5. The van der Waals surface area contributed by atoms with E-state index in [1.54, 1.807) is 4.52 Å². The zero-order chi connectivity index (χ0) is 22.5. The number of anilines is 4. The van der Waals surface area contributed by atoms with Crippen molar-refractivity contribution in [1.82, 2.24) is 25.2 Å². The van der Waals surface area contributed by atoms with Crippen LogP contribution in [0.3, 0.4) is 0 Å². The molecule has 1 aromatic carbocycles. The highest BCUT2D eigenvalue weighted by molar-refractivity contribution is 5.94. The molecule has 0 unspecified atom stereocenters. The van der Waals surface area contributed by atoms with Crippen molar-refractivity contribution in [2.24, 2.45) is 0 Å². The fourth-order valence-electron chi connectivity index (χ4n) is 4.84. The van der Waals surface area contributed by atoms with Crippen LogP contribution in [0.1, 0.15) is 22.5 Å². The van der Waals surface area contributed by atoms with Crippen molar-refractivity contribution in [3.63, 3.8) is 0 Å². The molecule has 0 radical (unpaired) electrons. The summed E-state index contributed by atoms with van der Waals surface area (Å²) in [4.78, 5) is 21.8. The van der Waals surface area contributed by atoms with Gasteiger partial charge in [0.05, 0.1) is 17.9 Å². The summed E-state index contributed by atoms with van der Waals surface area (Å²) in [7, 11) is 1.83. The molecule has 2 fully saturated rings. The molecule has 10 heteroatoms. The van der Waals surface area contributed by atoms with E-state index in [4.69, 9.17) is 5.10 Å². The number of alkyl halides is 1. The van der Waals surface area contributed by atoms with E-state index in [0.717, 1.165) is 56.3 Å². The van der Waals surface area contributed by atoms with E-state index in [1.165, 1.54) is 17.4 Å². The molecule has 33 heavy (non-hydrogen) atoms. The molecule has 2 aromatic heterocycles. The predicted molar refractivity (Wildman–Crippen MR) is 126 cm³/mol. The van der Waals surface area contributed by atoms with Gasteiger partial charge < -0.3 is 25.8 Å². The lowest BCUT2D eigenvalue weighted by atomic mass is 10.1. The maximum absolute atomic E-state index is 13.3. The van der Waals surface area contributed by atoms with Gasteiger partial charge in [0.15, 0.2) is 17.2 Å². The number of aromatic nitrogens is 3. The van der Waals surface area contributed by atoms with Gasteiger partial charge in [-0.3, -0.25) is 4.79 Å². The first kappa shape index (κ1) is 20.2. The Bertz CT molecular complexity index is 1220. The van der Waals surface area contributed by atoms with Gasteiger partial charge in [0.2, 0.25) is 0 Å². The van der Waals surface area contributed by atoms with Gasteiger partial charge in [-0.15, -0.1) is 5.10 Å². The summed E-state index contributed by atoms with van der Waals surface area (Å²) in [6, 6.07) is 8.00. The second-order valence-electron chi connectivity index (χ2n) is 8.79. The van der Waals surface area contributed by atoms with Gasteiger partial charge >= 0.3 is 0 Å². The molecule has 2 aliphatic heterocycles. The molecular weight excluding hydrogens is 423 g/mol. The van der Waals surface area contributed by atoms with Crippen LogP contribution < -0.4 is 25.8 Å². The van der Waals surface area contributed by atoms with Crippen molar-refractivity contribution in [3.8, 4) is 0 Å². The van der Waals surface area contributed by atoms with Crippen LogP contribution in [-0.4, -0.2) is 72.5 Å². The van der Waals surface area contributed by atoms with E-state index in [-0.39, 0.29) is 5.91 Å². The summed E-state index contributed by atoms with van der Waals surface area (Å²) in [5.41, 5.74) is 5.41. The van der Waals surface area contributed by atoms with Crippen LogP contribution >= 0.6 is 0 Å². The summed E-state index contributed by atoms with van der Waals surface area (Å²) in [5, 5.41) is 14.1. The van der Waals surface area contributed by atoms with Gasteiger partial charge in [0.1, 0.15) is 6.17 Å². The molecule has 3 aliphatic rings. The van der Waals surface area contributed by atoms with Crippen molar-refractivity contribution in [2.45, 2.75) is 25.1 Å². The first-order chi connectivity index (χ1) is 16.1. The smallest absolute Gasteiger partial charge is 0.271 e. The largest absolute Gasteiger partial charge is 0.385 e. The average molecular weight is 451 g/mol. The zero-order valence-electron chi connectivity index (χ0n) is 18.5. The lowest BCUT2D eigenvalue weighted by molar-refractivity contribution is 0.0940. The average Bonchev–Trinajstić information content (AvgIpc) is 3.22. The highest BCUT2D eigenvalue weighted by Gasteiger charge is 2.39. The fraction of sp³-hybridized carbons (Fsp3) is 0.435. The third kappa shape index (κ3) is 3.45. The second-order valence-corrected chi connectivity index (χ2v) is 8.79. The summed E-state index contributed by atoms with van der Waals surface area (Å²) in [5.74, 6) is 0.382.